The largest absolute Gasteiger partial charge is 0.0629 e. The molecule has 5 aromatic rings. The van der Waals surface area contributed by atoms with Crippen LogP contribution in [0.3, 0.4) is 0 Å². The van der Waals surface area contributed by atoms with E-state index in [9.17, 15) is 0 Å². The van der Waals surface area contributed by atoms with E-state index in [2.05, 4.69) is 15.9 Å². The van der Waals surface area contributed by atoms with Crippen LogP contribution in [0.2, 0.25) is 0 Å². The summed E-state index contributed by atoms with van der Waals surface area (Å²) in [6, 6.07) is 22.4. The Hall–Kier alpha value is -2.90. The summed E-state index contributed by atoms with van der Waals surface area (Å²) in [7, 11) is 0. The normalized spacial score (nSPS) is 13.7. The minimum atomic E-state index is -0.389. The van der Waals surface area contributed by atoms with Crippen LogP contribution in [0.1, 0.15) is 6.85 Å². The number of halogens is 1. The molecule has 0 spiro atoms. The predicted molar refractivity (Wildman–Crippen MR) is 120 cm³/mol. The Bertz CT molecular complexity index is 1500. The van der Waals surface area contributed by atoms with Gasteiger partial charge in [0.25, 0.3) is 0 Å². The van der Waals surface area contributed by atoms with Gasteiger partial charge < -0.3 is 0 Å². The lowest BCUT2D eigenvalue weighted by Crippen LogP contribution is -1.88. The number of hydrogen-bond acceptors (Lipinski definition) is 0. The fourth-order valence-corrected chi connectivity index (χ4v) is 4.27. The average molecular weight is 414 g/mol. The molecule has 0 aliphatic rings. The molecule has 0 unspecified atom stereocenters. The Morgan fingerprint density at radius 3 is 2.00 bits per heavy atom. The minimum absolute atomic E-state index is 0.199. The molecule has 128 valence electrons. The Labute approximate surface area is 174 Å². The van der Waals surface area contributed by atoms with Gasteiger partial charge in [0.1, 0.15) is 0 Å². The van der Waals surface area contributed by atoms with E-state index in [-0.39, 0.29) is 35.8 Å². The van der Waals surface area contributed by atoms with Crippen LogP contribution in [0.5, 0.6) is 0 Å². The number of fused-ring (bicyclic) bond motifs is 2. The molecule has 0 nitrogen and oxygen atoms in total. The van der Waals surface area contributed by atoms with Gasteiger partial charge in [0.2, 0.25) is 0 Å². The zero-order valence-corrected chi connectivity index (χ0v) is 15.9. The standard InChI is InChI=1S/C26H17Br/c27-26-22-14-8-7-13-21(22)25(19-11-5-2-6-12-19)24-17-20(15-16-23(24)26)18-9-3-1-4-10-18/h1-17H/i2D,5D,6D,11D,12D. The van der Waals surface area contributed by atoms with Gasteiger partial charge in [-0.15, -0.1) is 0 Å². The lowest BCUT2D eigenvalue weighted by atomic mass is 9.90. The van der Waals surface area contributed by atoms with E-state index >= 15 is 0 Å². The molecule has 0 aliphatic heterocycles. The first-order chi connectivity index (χ1) is 15.4. The highest BCUT2D eigenvalue weighted by Crippen LogP contribution is 2.42. The van der Waals surface area contributed by atoms with Gasteiger partial charge >= 0.3 is 0 Å². The van der Waals surface area contributed by atoms with E-state index in [1.165, 1.54) is 0 Å². The van der Waals surface area contributed by atoms with E-state index in [4.69, 9.17) is 6.85 Å². The topological polar surface area (TPSA) is 0 Å². The van der Waals surface area contributed by atoms with Crippen LogP contribution in [0.25, 0.3) is 43.8 Å². The van der Waals surface area contributed by atoms with Crippen molar-refractivity contribution in [1.82, 2.24) is 0 Å². The van der Waals surface area contributed by atoms with Gasteiger partial charge in [-0.1, -0.05) is 96.9 Å². The quantitative estimate of drug-likeness (QED) is 0.256. The second-order valence-electron chi connectivity index (χ2n) is 6.36. The third-order valence-electron chi connectivity index (χ3n) is 4.82. The average Bonchev–Trinajstić information content (AvgIpc) is 2.84. The lowest BCUT2D eigenvalue weighted by Gasteiger charge is -2.15. The van der Waals surface area contributed by atoms with E-state index in [1.807, 2.05) is 72.8 Å². The summed E-state index contributed by atoms with van der Waals surface area (Å²) < 4.78 is 42.5. The van der Waals surface area contributed by atoms with E-state index < -0.39 is 0 Å². The Balaban J connectivity index is 2.00. The van der Waals surface area contributed by atoms with Crippen LogP contribution in [0.15, 0.2) is 107 Å². The lowest BCUT2D eigenvalue weighted by molar-refractivity contribution is 1.63. The van der Waals surface area contributed by atoms with Crippen molar-refractivity contribution in [2.75, 3.05) is 0 Å². The van der Waals surface area contributed by atoms with Crippen molar-refractivity contribution in [2.24, 2.45) is 0 Å². The van der Waals surface area contributed by atoms with Crippen molar-refractivity contribution in [3.05, 3.63) is 107 Å². The first kappa shape index (κ1) is 11.7. The maximum Gasteiger partial charge on any atom is 0.0629 e. The van der Waals surface area contributed by atoms with Gasteiger partial charge in [-0.3, -0.25) is 0 Å². The molecule has 0 saturated carbocycles. The van der Waals surface area contributed by atoms with Gasteiger partial charge in [0, 0.05) is 4.47 Å². The van der Waals surface area contributed by atoms with Crippen molar-refractivity contribution < 1.29 is 6.85 Å². The summed E-state index contributed by atoms with van der Waals surface area (Å²) in [6.07, 6.45) is 0. The molecule has 0 amide bonds. The van der Waals surface area contributed by atoms with E-state index in [1.54, 1.807) is 0 Å². The molecular formula is C26H17Br. The van der Waals surface area contributed by atoms with Gasteiger partial charge in [-0.25, -0.2) is 0 Å². The molecule has 5 rings (SSSR count). The maximum absolute atomic E-state index is 8.61. The van der Waals surface area contributed by atoms with Crippen LogP contribution in [0, 0.1) is 0 Å². The Morgan fingerprint density at radius 2 is 1.22 bits per heavy atom. The van der Waals surface area contributed by atoms with Crippen LogP contribution < -0.4 is 0 Å². The summed E-state index contributed by atoms with van der Waals surface area (Å²) >= 11 is 3.75. The number of rotatable bonds is 2. The molecular weight excluding hydrogens is 392 g/mol. The van der Waals surface area contributed by atoms with Gasteiger partial charge in [-0.05, 0) is 65.8 Å². The summed E-state index contributed by atoms with van der Waals surface area (Å²) in [6.45, 7) is 0. The van der Waals surface area contributed by atoms with E-state index in [0.29, 0.717) is 5.56 Å². The number of hydrogen-bond donors (Lipinski definition) is 0. The summed E-state index contributed by atoms with van der Waals surface area (Å²) in [5, 5.41) is 3.51. The summed E-state index contributed by atoms with van der Waals surface area (Å²) in [5.74, 6) is 0. The molecule has 0 aromatic heterocycles. The maximum atomic E-state index is 8.61. The molecule has 0 N–H and O–H groups in total. The summed E-state index contributed by atoms with van der Waals surface area (Å²) in [5.41, 5.74) is 2.91. The smallest absolute Gasteiger partial charge is 0.0622 e. The van der Waals surface area contributed by atoms with Gasteiger partial charge in [0.05, 0.1) is 6.85 Å². The zero-order valence-electron chi connectivity index (χ0n) is 19.3. The van der Waals surface area contributed by atoms with Crippen LogP contribution >= 0.6 is 15.9 Å². The molecule has 0 heterocycles. The highest BCUT2D eigenvalue weighted by Gasteiger charge is 2.14. The Kier molecular flexibility index (Phi) is 2.90. The van der Waals surface area contributed by atoms with Crippen LogP contribution in [-0.2, 0) is 0 Å². The van der Waals surface area contributed by atoms with Crippen molar-refractivity contribution >= 4 is 37.5 Å². The minimum Gasteiger partial charge on any atom is -0.0622 e. The van der Waals surface area contributed by atoms with Crippen molar-refractivity contribution in [2.45, 2.75) is 0 Å². The summed E-state index contributed by atoms with van der Waals surface area (Å²) in [4.78, 5) is 0. The number of benzene rings is 5. The predicted octanol–water partition coefficient (Wildman–Crippen LogP) is 8.09. The molecule has 27 heavy (non-hydrogen) atoms. The van der Waals surface area contributed by atoms with Crippen LogP contribution in [0.4, 0.5) is 0 Å². The first-order valence-electron chi connectivity index (χ1n) is 11.2. The van der Waals surface area contributed by atoms with Gasteiger partial charge in [-0.2, -0.15) is 0 Å². The van der Waals surface area contributed by atoms with Crippen molar-refractivity contribution in [3.63, 3.8) is 0 Å². The highest BCUT2D eigenvalue weighted by atomic mass is 79.9. The van der Waals surface area contributed by atoms with E-state index in [0.717, 1.165) is 37.1 Å². The second kappa shape index (κ2) is 6.68. The zero-order chi connectivity index (χ0) is 22.6. The fraction of sp³-hybridized carbons (Fsp3) is 0. The highest BCUT2D eigenvalue weighted by molar-refractivity contribution is 9.10. The van der Waals surface area contributed by atoms with Gasteiger partial charge in [0.15, 0.2) is 0 Å². The van der Waals surface area contributed by atoms with Crippen molar-refractivity contribution in [1.29, 1.82) is 0 Å². The third kappa shape index (κ3) is 2.75. The molecule has 0 atom stereocenters. The first-order valence-corrected chi connectivity index (χ1v) is 9.46. The van der Waals surface area contributed by atoms with Crippen molar-refractivity contribution in [3.8, 4) is 22.3 Å². The SMILES string of the molecule is [2H]c1c([2H])c([2H])c(-c2c3ccccc3c(Br)c3ccc(-c4ccccc4)cc23)c([2H])c1[2H]. The third-order valence-corrected chi connectivity index (χ3v) is 5.67. The molecule has 0 fully saturated rings. The molecule has 0 saturated heterocycles. The van der Waals surface area contributed by atoms with Crippen LogP contribution in [-0.4, -0.2) is 0 Å². The molecule has 1 heteroatoms. The fourth-order valence-electron chi connectivity index (χ4n) is 3.58. The molecule has 0 bridgehead atoms. The molecule has 0 radical (unpaired) electrons. The monoisotopic (exact) mass is 413 g/mol. The Morgan fingerprint density at radius 1 is 0.556 bits per heavy atom. The molecule has 5 aromatic carbocycles. The second-order valence-corrected chi connectivity index (χ2v) is 7.15. The molecule has 0 aliphatic carbocycles.